The van der Waals surface area contributed by atoms with Crippen LogP contribution >= 0.6 is 0 Å². The lowest BCUT2D eigenvalue weighted by Crippen LogP contribution is -2.34. The van der Waals surface area contributed by atoms with Crippen molar-refractivity contribution >= 4 is 11.7 Å². The number of carbonyl (C=O) groups excluding carboxylic acids is 2. The molecule has 2 aromatic rings. The predicted molar refractivity (Wildman–Crippen MR) is 108 cm³/mol. The van der Waals surface area contributed by atoms with Crippen LogP contribution in [0.3, 0.4) is 0 Å². The SMILES string of the molecule is Cc1nn(-c2ccc(C(=O)N(C)CC3CCCO3)cn2)c2c1C(=O)CC(C)(C)C2. The number of aryl methyl sites for hydroxylation is 1. The first-order chi connectivity index (χ1) is 13.7. The number of pyridine rings is 1. The maximum Gasteiger partial charge on any atom is 0.255 e. The number of aromatic nitrogens is 3. The largest absolute Gasteiger partial charge is 0.376 e. The van der Waals surface area contributed by atoms with Gasteiger partial charge in [0.05, 0.1) is 28.6 Å². The Labute approximate surface area is 171 Å². The first kappa shape index (κ1) is 19.8. The van der Waals surface area contributed by atoms with E-state index in [2.05, 4.69) is 23.9 Å². The van der Waals surface area contributed by atoms with Gasteiger partial charge in [-0.15, -0.1) is 0 Å². The second-order valence-electron chi connectivity index (χ2n) is 8.99. The summed E-state index contributed by atoms with van der Waals surface area (Å²) >= 11 is 0. The quantitative estimate of drug-likeness (QED) is 0.794. The summed E-state index contributed by atoms with van der Waals surface area (Å²) in [6.07, 6.45) is 5.05. The molecule has 1 unspecified atom stereocenters. The molecule has 0 spiro atoms. The average molecular weight is 396 g/mol. The minimum absolute atomic E-state index is 0.0745. The van der Waals surface area contributed by atoms with E-state index < -0.39 is 0 Å². The van der Waals surface area contributed by atoms with Gasteiger partial charge in [-0.3, -0.25) is 9.59 Å². The molecule has 1 saturated heterocycles. The van der Waals surface area contributed by atoms with Crippen molar-refractivity contribution in [1.82, 2.24) is 19.7 Å². The molecule has 0 N–H and O–H groups in total. The standard InChI is InChI=1S/C22H28N4O3/c1-14-20-17(10-22(2,3)11-18(20)27)26(24-14)19-8-7-15(12-23-19)21(28)25(4)13-16-6-5-9-29-16/h7-8,12,16H,5-6,9-11,13H2,1-4H3. The molecule has 0 saturated carbocycles. The lowest BCUT2D eigenvalue weighted by atomic mass is 9.75. The van der Waals surface area contributed by atoms with Crippen molar-refractivity contribution in [2.75, 3.05) is 20.2 Å². The molecular weight excluding hydrogens is 368 g/mol. The summed E-state index contributed by atoms with van der Waals surface area (Å²) in [4.78, 5) is 31.5. The number of carbonyl (C=O) groups is 2. The first-order valence-corrected chi connectivity index (χ1v) is 10.2. The van der Waals surface area contributed by atoms with Gasteiger partial charge < -0.3 is 9.64 Å². The second-order valence-corrected chi connectivity index (χ2v) is 8.99. The Morgan fingerprint density at radius 3 is 2.79 bits per heavy atom. The summed E-state index contributed by atoms with van der Waals surface area (Å²) in [6.45, 7) is 7.42. The second kappa shape index (κ2) is 7.37. The van der Waals surface area contributed by atoms with Crippen LogP contribution in [-0.2, 0) is 11.2 Å². The molecule has 0 aromatic carbocycles. The number of rotatable bonds is 4. The van der Waals surface area contributed by atoms with Crippen LogP contribution in [0.1, 0.15) is 65.2 Å². The molecule has 2 aliphatic rings. The molecule has 1 aliphatic heterocycles. The first-order valence-electron chi connectivity index (χ1n) is 10.2. The predicted octanol–water partition coefficient (Wildman–Crippen LogP) is 2.98. The van der Waals surface area contributed by atoms with E-state index in [0.717, 1.165) is 42.8 Å². The fourth-order valence-electron chi connectivity index (χ4n) is 4.36. The van der Waals surface area contributed by atoms with E-state index in [0.29, 0.717) is 24.3 Å². The molecule has 1 fully saturated rings. The van der Waals surface area contributed by atoms with Crippen LogP contribution in [0.2, 0.25) is 0 Å². The monoisotopic (exact) mass is 396 g/mol. The molecule has 1 atom stereocenters. The highest BCUT2D eigenvalue weighted by Gasteiger charge is 2.36. The van der Waals surface area contributed by atoms with Crippen LogP contribution in [0, 0.1) is 12.3 Å². The zero-order valence-electron chi connectivity index (χ0n) is 17.6. The number of Topliss-reactive ketones (excluding diaryl/α,β-unsaturated/α-hetero) is 1. The zero-order chi connectivity index (χ0) is 20.8. The number of nitrogens with zero attached hydrogens (tertiary/aromatic N) is 4. The van der Waals surface area contributed by atoms with Crippen LogP contribution in [0.25, 0.3) is 5.82 Å². The molecule has 7 nitrogen and oxygen atoms in total. The summed E-state index contributed by atoms with van der Waals surface area (Å²) < 4.78 is 7.38. The van der Waals surface area contributed by atoms with E-state index in [1.54, 1.807) is 35.0 Å². The van der Waals surface area contributed by atoms with Gasteiger partial charge in [-0.25, -0.2) is 9.67 Å². The fraction of sp³-hybridized carbons (Fsp3) is 0.545. The lowest BCUT2D eigenvalue weighted by molar-refractivity contribution is 0.0586. The Kier molecular flexibility index (Phi) is 5.02. The highest BCUT2D eigenvalue weighted by molar-refractivity contribution is 6.00. The van der Waals surface area contributed by atoms with Gasteiger partial charge in [-0.2, -0.15) is 5.10 Å². The molecule has 1 aliphatic carbocycles. The Balaban J connectivity index is 1.56. The zero-order valence-corrected chi connectivity index (χ0v) is 17.6. The normalized spacial score (nSPS) is 20.6. The van der Waals surface area contributed by atoms with E-state index in [1.807, 2.05) is 6.92 Å². The molecule has 1 amide bonds. The van der Waals surface area contributed by atoms with Gasteiger partial charge in [0.15, 0.2) is 11.6 Å². The van der Waals surface area contributed by atoms with Crippen LogP contribution in [-0.4, -0.2) is 57.7 Å². The van der Waals surface area contributed by atoms with Gasteiger partial charge in [-0.05, 0) is 43.7 Å². The number of ether oxygens (including phenoxy) is 1. The number of amides is 1. The number of ketones is 1. The molecule has 3 heterocycles. The molecule has 0 bridgehead atoms. The van der Waals surface area contributed by atoms with E-state index in [4.69, 9.17) is 4.74 Å². The minimum atomic E-state index is -0.102. The Morgan fingerprint density at radius 1 is 1.34 bits per heavy atom. The van der Waals surface area contributed by atoms with Crippen LogP contribution < -0.4 is 0 Å². The average Bonchev–Trinajstić information content (AvgIpc) is 3.28. The molecule has 154 valence electrons. The van der Waals surface area contributed by atoms with Crippen LogP contribution in [0.15, 0.2) is 18.3 Å². The summed E-state index contributed by atoms with van der Waals surface area (Å²) in [6, 6.07) is 3.57. The van der Waals surface area contributed by atoms with Gasteiger partial charge >= 0.3 is 0 Å². The summed E-state index contributed by atoms with van der Waals surface area (Å²) in [7, 11) is 1.79. The van der Waals surface area contributed by atoms with Crippen molar-refractivity contribution in [3.8, 4) is 5.82 Å². The Bertz CT molecular complexity index is 940. The Hall–Kier alpha value is -2.54. The highest BCUT2D eigenvalue weighted by Crippen LogP contribution is 2.36. The smallest absolute Gasteiger partial charge is 0.255 e. The molecular formula is C22H28N4O3. The van der Waals surface area contributed by atoms with Crippen molar-refractivity contribution in [3.63, 3.8) is 0 Å². The minimum Gasteiger partial charge on any atom is -0.376 e. The number of fused-ring (bicyclic) bond motifs is 1. The van der Waals surface area contributed by atoms with Gasteiger partial charge in [0, 0.05) is 32.8 Å². The van der Waals surface area contributed by atoms with Gasteiger partial charge in [0.25, 0.3) is 5.91 Å². The molecule has 29 heavy (non-hydrogen) atoms. The van der Waals surface area contributed by atoms with Crippen molar-refractivity contribution in [2.24, 2.45) is 5.41 Å². The third-order valence-electron chi connectivity index (χ3n) is 5.78. The maximum absolute atomic E-state index is 12.7. The molecule has 7 heteroatoms. The maximum atomic E-state index is 12.7. The number of likely N-dealkylation sites (N-methyl/N-ethyl adjacent to an activating group) is 1. The van der Waals surface area contributed by atoms with Crippen molar-refractivity contribution in [3.05, 3.63) is 40.8 Å². The van der Waals surface area contributed by atoms with Crippen molar-refractivity contribution in [2.45, 2.75) is 52.6 Å². The van der Waals surface area contributed by atoms with Gasteiger partial charge in [-0.1, -0.05) is 13.8 Å². The lowest BCUT2D eigenvalue weighted by Gasteiger charge is -2.29. The van der Waals surface area contributed by atoms with Gasteiger partial charge in [0.1, 0.15) is 0 Å². The molecule has 0 radical (unpaired) electrons. The van der Waals surface area contributed by atoms with Crippen LogP contribution in [0.4, 0.5) is 0 Å². The highest BCUT2D eigenvalue weighted by atomic mass is 16.5. The van der Waals surface area contributed by atoms with E-state index in [-0.39, 0.29) is 23.2 Å². The van der Waals surface area contributed by atoms with E-state index in [1.165, 1.54) is 0 Å². The molecule has 2 aromatic heterocycles. The summed E-state index contributed by atoms with van der Waals surface area (Å²) in [5, 5.41) is 4.58. The van der Waals surface area contributed by atoms with Crippen molar-refractivity contribution in [1.29, 1.82) is 0 Å². The molecule has 4 rings (SSSR count). The number of hydrogen-bond acceptors (Lipinski definition) is 5. The Morgan fingerprint density at radius 2 is 2.14 bits per heavy atom. The number of hydrogen-bond donors (Lipinski definition) is 0. The summed E-state index contributed by atoms with van der Waals surface area (Å²) in [5.41, 5.74) is 2.80. The van der Waals surface area contributed by atoms with E-state index >= 15 is 0 Å². The topological polar surface area (TPSA) is 77.3 Å². The van der Waals surface area contributed by atoms with Crippen LogP contribution in [0.5, 0.6) is 0 Å². The third kappa shape index (κ3) is 3.83. The fourth-order valence-corrected chi connectivity index (χ4v) is 4.36. The van der Waals surface area contributed by atoms with Gasteiger partial charge in [0.2, 0.25) is 0 Å². The summed E-state index contributed by atoms with van der Waals surface area (Å²) in [5.74, 6) is 0.690. The third-order valence-corrected chi connectivity index (χ3v) is 5.78. The van der Waals surface area contributed by atoms with Crippen molar-refractivity contribution < 1.29 is 14.3 Å². The van der Waals surface area contributed by atoms with E-state index in [9.17, 15) is 9.59 Å².